The third-order valence-electron chi connectivity index (χ3n) is 4.27. The molecule has 0 N–H and O–H groups in total. The van der Waals surface area contributed by atoms with Gasteiger partial charge in [-0.05, 0) is 34.9 Å². The fourth-order valence-electron chi connectivity index (χ4n) is 3.16. The molecular formula is C16H16N2O2S3. The van der Waals surface area contributed by atoms with Crippen LogP contribution in [0.1, 0.15) is 21.4 Å². The van der Waals surface area contributed by atoms with E-state index in [9.17, 15) is 9.59 Å². The molecule has 2 aliphatic heterocycles. The van der Waals surface area contributed by atoms with Gasteiger partial charge in [0.15, 0.2) is 0 Å². The first kappa shape index (κ1) is 15.2. The molecule has 120 valence electrons. The molecule has 4 rings (SSSR count). The van der Waals surface area contributed by atoms with Gasteiger partial charge in [0.25, 0.3) is 5.24 Å². The van der Waals surface area contributed by atoms with Gasteiger partial charge in [0, 0.05) is 28.6 Å². The van der Waals surface area contributed by atoms with Crippen molar-refractivity contribution in [2.45, 2.75) is 12.5 Å². The van der Waals surface area contributed by atoms with Crippen LogP contribution in [0, 0.1) is 0 Å². The fraction of sp³-hybridized carbons (Fsp3) is 0.375. The van der Waals surface area contributed by atoms with E-state index in [4.69, 9.17) is 0 Å². The average molecular weight is 365 g/mol. The van der Waals surface area contributed by atoms with Gasteiger partial charge in [-0.3, -0.25) is 9.59 Å². The molecule has 0 aliphatic carbocycles. The Morgan fingerprint density at radius 2 is 2.13 bits per heavy atom. The number of hydrogen-bond acceptors (Lipinski definition) is 5. The molecule has 2 aromatic heterocycles. The highest BCUT2D eigenvalue weighted by Gasteiger charge is 2.35. The van der Waals surface area contributed by atoms with Crippen molar-refractivity contribution in [1.82, 2.24) is 9.80 Å². The molecule has 1 atom stereocenters. The molecular weight excluding hydrogens is 348 g/mol. The van der Waals surface area contributed by atoms with Crippen LogP contribution < -0.4 is 0 Å². The van der Waals surface area contributed by atoms with Gasteiger partial charge in [-0.1, -0.05) is 17.8 Å². The molecule has 0 aromatic carbocycles. The predicted molar refractivity (Wildman–Crippen MR) is 95.3 cm³/mol. The number of hydrogen-bond donors (Lipinski definition) is 0. The highest BCUT2D eigenvalue weighted by Crippen LogP contribution is 2.39. The third-order valence-corrected chi connectivity index (χ3v) is 7.08. The molecule has 2 aromatic rings. The summed E-state index contributed by atoms with van der Waals surface area (Å²) in [5.74, 6) is 0.839. The summed E-state index contributed by atoms with van der Waals surface area (Å²) in [5.41, 5.74) is 1.25. The number of thioether (sulfide) groups is 1. The van der Waals surface area contributed by atoms with Gasteiger partial charge in [-0.15, -0.1) is 22.7 Å². The Morgan fingerprint density at radius 3 is 2.87 bits per heavy atom. The van der Waals surface area contributed by atoms with E-state index in [0.717, 1.165) is 18.7 Å². The highest BCUT2D eigenvalue weighted by atomic mass is 32.2. The van der Waals surface area contributed by atoms with Crippen molar-refractivity contribution in [3.05, 3.63) is 44.3 Å². The number of rotatable bonds is 3. The zero-order chi connectivity index (χ0) is 15.8. The molecule has 1 fully saturated rings. The Hall–Kier alpha value is -1.31. The smallest absolute Gasteiger partial charge is 0.282 e. The summed E-state index contributed by atoms with van der Waals surface area (Å²) in [6, 6.07) is 6.27. The number of nitrogens with zero attached hydrogens (tertiary/aromatic N) is 2. The zero-order valence-electron chi connectivity index (χ0n) is 12.4. The minimum absolute atomic E-state index is 0.00265. The van der Waals surface area contributed by atoms with E-state index in [-0.39, 0.29) is 23.7 Å². The molecule has 0 radical (unpaired) electrons. The normalized spacial score (nSPS) is 20.9. The van der Waals surface area contributed by atoms with E-state index in [2.05, 4.69) is 22.9 Å². The lowest BCUT2D eigenvalue weighted by molar-refractivity contribution is -0.133. The summed E-state index contributed by atoms with van der Waals surface area (Å²) in [5, 5.41) is 4.19. The van der Waals surface area contributed by atoms with Crippen LogP contribution in [-0.2, 0) is 11.2 Å². The Kier molecular flexibility index (Phi) is 4.17. The van der Waals surface area contributed by atoms with E-state index < -0.39 is 0 Å². The summed E-state index contributed by atoms with van der Waals surface area (Å²) < 4.78 is 0. The summed E-state index contributed by atoms with van der Waals surface area (Å²) in [6.45, 7) is 1.60. The number of carbonyl (C=O) groups is 2. The number of thiophene rings is 2. The maximum atomic E-state index is 12.9. The molecule has 4 heterocycles. The zero-order valence-corrected chi connectivity index (χ0v) is 14.9. The Balaban J connectivity index is 1.61. The molecule has 2 amide bonds. The quantitative estimate of drug-likeness (QED) is 0.837. The van der Waals surface area contributed by atoms with Crippen LogP contribution in [0.25, 0.3) is 0 Å². The summed E-state index contributed by atoms with van der Waals surface area (Å²) in [6.07, 6.45) is 0.906. The number of carbonyl (C=O) groups excluding carboxylic acids is 2. The van der Waals surface area contributed by atoms with Crippen molar-refractivity contribution < 1.29 is 9.59 Å². The van der Waals surface area contributed by atoms with E-state index in [1.807, 2.05) is 11.0 Å². The molecule has 23 heavy (non-hydrogen) atoms. The van der Waals surface area contributed by atoms with Crippen LogP contribution in [0.15, 0.2) is 29.0 Å². The second-order valence-corrected chi connectivity index (χ2v) is 8.62. The second-order valence-electron chi connectivity index (χ2n) is 5.59. The van der Waals surface area contributed by atoms with Crippen LogP contribution >= 0.6 is 34.4 Å². The predicted octanol–water partition coefficient (Wildman–Crippen LogP) is 3.45. The van der Waals surface area contributed by atoms with Crippen LogP contribution in [0.3, 0.4) is 0 Å². The minimum Gasteiger partial charge on any atom is -0.329 e. The van der Waals surface area contributed by atoms with E-state index in [0.29, 0.717) is 6.54 Å². The molecule has 4 nitrogen and oxygen atoms in total. The molecule has 0 saturated carbocycles. The van der Waals surface area contributed by atoms with Gasteiger partial charge in [-0.25, -0.2) is 0 Å². The summed E-state index contributed by atoms with van der Waals surface area (Å²) >= 11 is 4.76. The molecule has 0 spiro atoms. The van der Waals surface area contributed by atoms with E-state index in [1.165, 1.54) is 27.1 Å². The first-order chi connectivity index (χ1) is 11.2. The third kappa shape index (κ3) is 2.81. The van der Waals surface area contributed by atoms with Gasteiger partial charge in [0.2, 0.25) is 5.91 Å². The van der Waals surface area contributed by atoms with Crippen LogP contribution in [0.2, 0.25) is 0 Å². The van der Waals surface area contributed by atoms with Crippen molar-refractivity contribution in [1.29, 1.82) is 0 Å². The topological polar surface area (TPSA) is 40.6 Å². The lowest BCUT2D eigenvalue weighted by Crippen LogP contribution is -2.45. The van der Waals surface area contributed by atoms with Crippen LogP contribution in [0.5, 0.6) is 0 Å². The van der Waals surface area contributed by atoms with Crippen molar-refractivity contribution in [3.8, 4) is 0 Å². The van der Waals surface area contributed by atoms with Gasteiger partial charge >= 0.3 is 0 Å². The standard InChI is InChI=1S/C16H16N2O2S3/c19-14(10-17-6-9-23-16(17)20)18-5-3-12-11(4-8-22-12)15(18)13-2-1-7-21-13/h1-2,4,7-8,15H,3,5-6,9-10H2/t15-/m1/s1. The SMILES string of the molecule is O=C1SCCN1CC(=O)N1CCc2sccc2[C@@H]1c1cccs1. The molecule has 0 unspecified atom stereocenters. The Bertz CT molecular complexity index is 726. The first-order valence-corrected chi connectivity index (χ1v) is 10.3. The maximum absolute atomic E-state index is 12.9. The van der Waals surface area contributed by atoms with Gasteiger partial charge in [0.05, 0.1) is 6.04 Å². The maximum Gasteiger partial charge on any atom is 0.282 e. The van der Waals surface area contributed by atoms with Crippen molar-refractivity contribution in [2.24, 2.45) is 0 Å². The van der Waals surface area contributed by atoms with Gasteiger partial charge < -0.3 is 9.80 Å². The lowest BCUT2D eigenvalue weighted by atomic mass is 9.98. The molecule has 0 bridgehead atoms. The largest absolute Gasteiger partial charge is 0.329 e. The van der Waals surface area contributed by atoms with Crippen LogP contribution in [0.4, 0.5) is 4.79 Å². The average Bonchev–Trinajstić information content (AvgIpc) is 3.28. The summed E-state index contributed by atoms with van der Waals surface area (Å²) in [7, 11) is 0. The molecule has 1 saturated heterocycles. The van der Waals surface area contributed by atoms with E-state index in [1.54, 1.807) is 27.6 Å². The number of fused-ring (bicyclic) bond motifs is 1. The molecule has 7 heteroatoms. The van der Waals surface area contributed by atoms with Crippen molar-refractivity contribution in [3.63, 3.8) is 0 Å². The lowest BCUT2D eigenvalue weighted by Gasteiger charge is -2.36. The Morgan fingerprint density at radius 1 is 1.22 bits per heavy atom. The van der Waals surface area contributed by atoms with Crippen LogP contribution in [-0.4, -0.2) is 46.3 Å². The van der Waals surface area contributed by atoms with E-state index >= 15 is 0 Å². The summed E-state index contributed by atoms with van der Waals surface area (Å²) in [4.78, 5) is 30.8. The van der Waals surface area contributed by atoms with Crippen molar-refractivity contribution >= 4 is 45.6 Å². The highest BCUT2D eigenvalue weighted by molar-refractivity contribution is 8.13. The molecule has 2 aliphatic rings. The first-order valence-electron chi connectivity index (χ1n) is 7.55. The fourth-order valence-corrected chi connectivity index (χ4v) is 5.75. The minimum atomic E-state index is 0.00265. The van der Waals surface area contributed by atoms with Gasteiger partial charge in [0.1, 0.15) is 6.54 Å². The monoisotopic (exact) mass is 364 g/mol. The second kappa shape index (κ2) is 6.30. The Labute approximate surface area is 147 Å². The van der Waals surface area contributed by atoms with Crippen molar-refractivity contribution in [2.75, 3.05) is 25.4 Å². The van der Waals surface area contributed by atoms with Gasteiger partial charge in [-0.2, -0.15) is 0 Å². The number of amides is 2.